The standard InChI is InChI=1S/C19H16O7.C4H11NO2/c1-24-14-3-4-15(17(21)8-14)16(20)5-2-11-6-12(19(22)23)7-13-9-25-10-26-18(11)13;6-3-1-5-2-4-7/h2-8,21H,9-10H2,1H3,(H,22,23);5-7H,1-4H2/b5-2+;. The Bertz CT molecular complexity index is 984. The summed E-state index contributed by atoms with van der Waals surface area (Å²) in [5.41, 5.74) is 1.06. The molecule has 0 amide bonds. The van der Waals surface area contributed by atoms with Crippen LogP contribution in [0.4, 0.5) is 0 Å². The number of rotatable bonds is 9. The minimum atomic E-state index is -1.10. The van der Waals surface area contributed by atoms with Crippen LogP contribution in [0.1, 0.15) is 31.8 Å². The zero-order valence-electron chi connectivity index (χ0n) is 18.2. The number of carboxylic acid groups (broad SMARTS) is 1. The average molecular weight is 461 g/mol. The number of aliphatic hydroxyl groups excluding tert-OH is 2. The first-order chi connectivity index (χ1) is 15.9. The van der Waals surface area contributed by atoms with Crippen LogP contribution in [0.25, 0.3) is 6.08 Å². The van der Waals surface area contributed by atoms with Crippen molar-refractivity contribution in [2.45, 2.75) is 6.61 Å². The third-order valence-corrected chi connectivity index (χ3v) is 4.52. The number of aromatic carboxylic acids is 1. The van der Waals surface area contributed by atoms with Crippen LogP contribution in [0.3, 0.4) is 0 Å². The fraction of sp³-hybridized carbons (Fsp3) is 0.304. The Morgan fingerprint density at radius 1 is 1.18 bits per heavy atom. The molecule has 0 unspecified atom stereocenters. The number of quaternary nitrogens is 1. The molecule has 0 radical (unpaired) electrons. The number of hydrogen-bond donors (Lipinski definition) is 4. The topological polar surface area (TPSA) is 162 Å². The van der Waals surface area contributed by atoms with Crippen molar-refractivity contribution in [2.24, 2.45) is 0 Å². The zero-order valence-corrected chi connectivity index (χ0v) is 18.2. The van der Waals surface area contributed by atoms with Crippen LogP contribution in [0.15, 0.2) is 36.4 Å². The summed E-state index contributed by atoms with van der Waals surface area (Å²) < 4.78 is 15.5. The number of carbonyl (C=O) groups excluding carboxylic acids is 1. The number of ether oxygens (including phenoxy) is 3. The first-order valence-electron chi connectivity index (χ1n) is 10.1. The van der Waals surface area contributed by atoms with E-state index >= 15 is 0 Å². The van der Waals surface area contributed by atoms with Crippen molar-refractivity contribution in [1.29, 1.82) is 0 Å². The second-order valence-electron chi connectivity index (χ2n) is 6.84. The van der Waals surface area contributed by atoms with E-state index in [1.807, 2.05) is 5.32 Å². The predicted octanol–water partition coefficient (Wildman–Crippen LogP) is -0.236. The second kappa shape index (κ2) is 13.2. The number of benzene rings is 2. The van der Waals surface area contributed by atoms with Gasteiger partial charge in [0.15, 0.2) is 12.6 Å². The van der Waals surface area contributed by atoms with Gasteiger partial charge in [-0.3, -0.25) is 4.79 Å². The molecule has 0 aliphatic carbocycles. The molecule has 1 heterocycles. The summed E-state index contributed by atoms with van der Waals surface area (Å²) in [5.74, 6) is -1.23. The van der Waals surface area contributed by atoms with E-state index in [1.165, 1.54) is 49.6 Å². The van der Waals surface area contributed by atoms with Crippen molar-refractivity contribution in [3.05, 3.63) is 58.7 Å². The monoisotopic (exact) mass is 461 g/mol. The van der Waals surface area contributed by atoms with Gasteiger partial charge in [-0.2, -0.15) is 0 Å². The summed E-state index contributed by atoms with van der Waals surface area (Å²) in [6, 6.07) is 7.02. The first-order valence-corrected chi connectivity index (χ1v) is 10.1. The van der Waals surface area contributed by atoms with Crippen molar-refractivity contribution < 1.29 is 49.5 Å². The predicted molar refractivity (Wildman–Crippen MR) is 115 cm³/mol. The van der Waals surface area contributed by atoms with Crippen molar-refractivity contribution in [1.82, 2.24) is 0 Å². The quantitative estimate of drug-likeness (QED) is 0.224. The summed E-state index contributed by atoms with van der Waals surface area (Å²) in [6.45, 7) is 2.03. The van der Waals surface area contributed by atoms with E-state index in [0.717, 1.165) is 0 Å². The lowest BCUT2D eigenvalue weighted by Crippen LogP contribution is -2.85. The minimum absolute atomic E-state index is 0.00504. The Kier molecular flexibility index (Phi) is 10.3. The highest BCUT2D eigenvalue weighted by Crippen LogP contribution is 2.31. The van der Waals surface area contributed by atoms with Gasteiger partial charge in [0.25, 0.3) is 0 Å². The van der Waals surface area contributed by atoms with Crippen molar-refractivity contribution in [2.75, 3.05) is 40.2 Å². The van der Waals surface area contributed by atoms with Gasteiger partial charge in [-0.25, -0.2) is 4.79 Å². The van der Waals surface area contributed by atoms with E-state index in [9.17, 15) is 19.8 Å². The fourth-order valence-corrected chi connectivity index (χ4v) is 2.91. The summed E-state index contributed by atoms with van der Waals surface area (Å²) >= 11 is 0. The third-order valence-electron chi connectivity index (χ3n) is 4.52. The maximum Gasteiger partial charge on any atom is 0.335 e. The highest BCUT2D eigenvalue weighted by molar-refractivity contribution is 6.08. The Labute approximate surface area is 190 Å². The van der Waals surface area contributed by atoms with Gasteiger partial charge in [-0.05, 0) is 42.5 Å². The van der Waals surface area contributed by atoms with E-state index in [4.69, 9.17) is 24.4 Å². The normalized spacial score (nSPS) is 12.3. The van der Waals surface area contributed by atoms with Gasteiger partial charge >= 0.3 is 5.97 Å². The van der Waals surface area contributed by atoms with Crippen molar-refractivity contribution in [3.8, 4) is 17.2 Å². The number of aliphatic hydroxyl groups is 2. The van der Waals surface area contributed by atoms with Gasteiger partial charge in [0, 0.05) is 16.7 Å². The summed E-state index contributed by atoms with van der Waals surface area (Å²) in [4.78, 5) is 23.6. The number of hydrogen-bond acceptors (Lipinski definition) is 8. The van der Waals surface area contributed by atoms with E-state index < -0.39 is 17.5 Å². The number of carboxylic acids is 1. The molecule has 178 valence electrons. The smallest absolute Gasteiger partial charge is 0.335 e. The van der Waals surface area contributed by atoms with Crippen molar-refractivity contribution >= 4 is 17.8 Å². The van der Waals surface area contributed by atoms with E-state index in [0.29, 0.717) is 35.7 Å². The molecule has 3 rings (SSSR count). The first kappa shape index (κ1) is 25.8. The molecular weight excluding hydrogens is 434 g/mol. The molecule has 0 saturated carbocycles. The van der Waals surface area contributed by atoms with Crippen LogP contribution in [-0.4, -0.2) is 67.3 Å². The molecule has 0 aromatic heterocycles. The van der Waals surface area contributed by atoms with Crippen LogP contribution in [0.5, 0.6) is 17.2 Å². The lowest BCUT2D eigenvalue weighted by molar-refractivity contribution is -0.657. The minimum Gasteiger partial charge on any atom is -0.872 e. The maximum absolute atomic E-state index is 12.3. The molecule has 5 N–H and O–H groups in total. The second-order valence-corrected chi connectivity index (χ2v) is 6.84. The molecule has 0 spiro atoms. The van der Waals surface area contributed by atoms with Crippen LogP contribution >= 0.6 is 0 Å². The van der Waals surface area contributed by atoms with Crippen LogP contribution < -0.4 is 19.9 Å². The van der Waals surface area contributed by atoms with Gasteiger partial charge in [0.2, 0.25) is 0 Å². The van der Waals surface area contributed by atoms with E-state index in [-0.39, 0.29) is 37.7 Å². The van der Waals surface area contributed by atoms with Gasteiger partial charge in [0.05, 0.1) is 45.6 Å². The van der Waals surface area contributed by atoms with Gasteiger partial charge in [-0.1, -0.05) is 5.75 Å². The molecule has 2 aromatic carbocycles. The summed E-state index contributed by atoms with van der Waals surface area (Å²) in [7, 11) is 1.43. The lowest BCUT2D eigenvalue weighted by Gasteiger charge is -2.20. The van der Waals surface area contributed by atoms with E-state index in [1.54, 1.807) is 0 Å². The third kappa shape index (κ3) is 7.58. The largest absolute Gasteiger partial charge is 0.872 e. The fourth-order valence-electron chi connectivity index (χ4n) is 2.91. The van der Waals surface area contributed by atoms with Crippen LogP contribution in [-0.2, 0) is 11.3 Å². The number of nitrogens with two attached hydrogens (primary N) is 1. The van der Waals surface area contributed by atoms with Crippen LogP contribution in [0, 0.1) is 0 Å². The lowest BCUT2D eigenvalue weighted by atomic mass is 10.0. The number of methoxy groups -OCH3 is 1. The molecule has 10 nitrogen and oxygen atoms in total. The van der Waals surface area contributed by atoms with Gasteiger partial charge < -0.3 is 40.0 Å². The van der Waals surface area contributed by atoms with E-state index in [2.05, 4.69) is 0 Å². The molecule has 0 atom stereocenters. The number of carbonyl (C=O) groups is 2. The molecular formula is C23H27NO9. The summed E-state index contributed by atoms with van der Waals surface area (Å²) in [5, 5.41) is 39.4. The van der Waals surface area contributed by atoms with Gasteiger partial charge in [-0.15, -0.1) is 0 Å². The molecule has 0 saturated heterocycles. The van der Waals surface area contributed by atoms with Crippen LogP contribution in [0.2, 0.25) is 0 Å². The highest BCUT2D eigenvalue weighted by atomic mass is 16.7. The maximum atomic E-state index is 12.3. The molecule has 2 aromatic rings. The molecule has 10 heteroatoms. The Morgan fingerprint density at radius 2 is 1.91 bits per heavy atom. The number of allylic oxidation sites excluding steroid dienone is 1. The molecule has 1 aliphatic heterocycles. The number of ketones is 1. The molecule has 0 fully saturated rings. The Morgan fingerprint density at radius 3 is 2.52 bits per heavy atom. The zero-order chi connectivity index (χ0) is 24.2. The average Bonchev–Trinajstić information content (AvgIpc) is 2.82. The Balaban J connectivity index is 0.000000479. The van der Waals surface area contributed by atoms with Gasteiger partial charge in [0.1, 0.15) is 11.5 Å². The molecule has 0 bridgehead atoms. The SMILES string of the molecule is COc1ccc(C(=O)/C=C/c2cc(C(=O)O)cc3c2OCOC3)c([O-])c1.OCC[NH2+]CCO. The summed E-state index contributed by atoms with van der Waals surface area (Å²) in [6.07, 6.45) is 2.64. The van der Waals surface area contributed by atoms with Crippen molar-refractivity contribution in [3.63, 3.8) is 0 Å². The highest BCUT2D eigenvalue weighted by Gasteiger charge is 2.18. The molecule has 33 heavy (non-hydrogen) atoms. The Hall–Kier alpha value is -3.44. The number of fused-ring (bicyclic) bond motifs is 1. The molecule has 1 aliphatic rings.